The topological polar surface area (TPSA) is 77.8 Å². The highest BCUT2D eigenvalue weighted by Gasteiger charge is 2.38. The van der Waals surface area contributed by atoms with Crippen LogP contribution in [0.25, 0.3) is 0 Å². The molecule has 2 aromatic rings. The lowest BCUT2D eigenvalue weighted by Crippen LogP contribution is -2.44. The Bertz CT molecular complexity index is 510. The molecule has 6 heteroatoms. The van der Waals surface area contributed by atoms with E-state index in [1.807, 2.05) is 12.1 Å². The highest BCUT2D eigenvalue weighted by molar-refractivity contribution is 5.85. The second-order valence-corrected chi connectivity index (χ2v) is 4.56. The van der Waals surface area contributed by atoms with Gasteiger partial charge in [-0.2, -0.15) is 4.98 Å². The molecule has 0 atom stereocenters. The molecule has 0 aromatic carbocycles. The predicted octanol–water partition coefficient (Wildman–Crippen LogP) is 1.82. The summed E-state index contributed by atoms with van der Waals surface area (Å²) in [4.78, 5) is 8.42. The van der Waals surface area contributed by atoms with Gasteiger partial charge in [0.15, 0.2) is 5.82 Å². The lowest BCUT2D eigenvalue weighted by atomic mass is 9.77. The number of halogens is 1. The van der Waals surface area contributed by atoms with Crippen molar-refractivity contribution in [1.82, 2.24) is 15.1 Å². The van der Waals surface area contributed by atoms with Crippen LogP contribution >= 0.6 is 12.4 Å². The minimum atomic E-state index is -0.351. The van der Waals surface area contributed by atoms with E-state index in [-0.39, 0.29) is 17.9 Å². The van der Waals surface area contributed by atoms with Gasteiger partial charge in [0.1, 0.15) is 0 Å². The Morgan fingerprint density at radius 1 is 1.39 bits per heavy atom. The van der Waals surface area contributed by atoms with E-state index in [1.54, 1.807) is 12.4 Å². The second kappa shape index (κ2) is 5.04. The van der Waals surface area contributed by atoms with E-state index < -0.39 is 0 Å². The second-order valence-electron chi connectivity index (χ2n) is 4.56. The average molecular weight is 267 g/mol. The highest BCUT2D eigenvalue weighted by atomic mass is 35.5. The molecule has 1 aliphatic carbocycles. The van der Waals surface area contributed by atoms with Crippen LogP contribution in [0.1, 0.15) is 36.5 Å². The van der Waals surface area contributed by atoms with Crippen LogP contribution in [0.2, 0.25) is 0 Å². The van der Waals surface area contributed by atoms with E-state index in [0.717, 1.165) is 24.8 Å². The molecule has 2 aromatic heterocycles. The standard InChI is InChI=1S/C12H14N4O.ClH/c13-12(4-2-5-12)11-15-10(17-16-11)7-9-3-1-6-14-8-9;/h1,3,6,8H,2,4-5,7,13H2;1H. The van der Waals surface area contributed by atoms with Crippen molar-refractivity contribution < 1.29 is 4.52 Å². The molecule has 0 saturated heterocycles. The smallest absolute Gasteiger partial charge is 0.231 e. The van der Waals surface area contributed by atoms with E-state index in [2.05, 4.69) is 15.1 Å². The molecule has 0 amide bonds. The van der Waals surface area contributed by atoms with Gasteiger partial charge in [-0.3, -0.25) is 4.98 Å². The molecule has 3 rings (SSSR count). The minimum Gasteiger partial charge on any atom is -0.339 e. The zero-order chi connectivity index (χ0) is 11.7. The zero-order valence-corrected chi connectivity index (χ0v) is 10.7. The maximum atomic E-state index is 6.13. The Balaban J connectivity index is 0.00000120. The molecule has 0 bridgehead atoms. The Morgan fingerprint density at radius 2 is 2.22 bits per heavy atom. The molecule has 0 spiro atoms. The fourth-order valence-corrected chi connectivity index (χ4v) is 1.99. The molecule has 1 saturated carbocycles. The number of rotatable bonds is 3. The van der Waals surface area contributed by atoms with Gasteiger partial charge in [0, 0.05) is 12.4 Å². The van der Waals surface area contributed by atoms with Crippen molar-refractivity contribution in [3.63, 3.8) is 0 Å². The summed E-state index contributed by atoms with van der Waals surface area (Å²) < 4.78 is 5.22. The summed E-state index contributed by atoms with van der Waals surface area (Å²) in [6.45, 7) is 0. The minimum absolute atomic E-state index is 0. The van der Waals surface area contributed by atoms with Crippen molar-refractivity contribution in [2.75, 3.05) is 0 Å². The summed E-state index contributed by atoms with van der Waals surface area (Å²) in [6.07, 6.45) is 7.18. The number of hydrogen-bond donors (Lipinski definition) is 1. The van der Waals surface area contributed by atoms with Gasteiger partial charge in [0.05, 0.1) is 12.0 Å². The Morgan fingerprint density at radius 3 is 2.83 bits per heavy atom. The van der Waals surface area contributed by atoms with Crippen LogP contribution in [0.5, 0.6) is 0 Å². The third-order valence-electron chi connectivity index (χ3n) is 3.24. The molecule has 0 aliphatic heterocycles. The lowest BCUT2D eigenvalue weighted by Gasteiger charge is -2.34. The van der Waals surface area contributed by atoms with Crippen molar-refractivity contribution in [3.8, 4) is 0 Å². The van der Waals surface area contributed by atoms with Crippen molar-refractivity contribution in [2.45, 2.75) is 31.2 Å². The highest BCUT2D eigenvalue weighted by Crippen LogP contribution is 2.36. The molecule has 1 fully saturated rings. The van der Waals surface area contributed by atoms with Crippen LogP contribution in [-0.4, -0.2) is 15.1 Å². The van der Waals surface area contributed by atoms with Crippen molar-refractivity contribution >= 4 is 12.4 Å². The van der Waals surface area contributed by atoms with Crippen LogP contribution in [0.3, 0.4) is 0 Å². The van der Waals surface area contributed by atoms with Gasteiger partial charge in [0.2, 0.25) is 5.89 Å². The van der Waals surface area contributed by atoms with Gasteiger partial charge < -0.3 is 10.3 Å². The van der Waals surface area contributed by atoms with E-state index >= 15 is 0 Å². The van der Waals surface area contributed by atoms with Crippen LogP contribution in [0, 0.1) is 0 Å². The maximum Gasteiger partial charge on any atom is 0.231 e. The molecule has 1 aliphatic rings. The molecular weight excluding hydrogens is 252 g/mol. The number of nitrogens with zero attached hydrogens (tertiary/aromatic N) is 3. The zero-order valence-electron chi connectivity index (χ0n) is 9.87. The predicted molar refractivity (Wildman–Crippen MR) is 68.3 cm³/mol. The monoisotopic (exact) mass is 266 g/mol. The molecule has 2 heterocycles. The summed E-state index contributed by atoms with van der Waals surface area (Å²) in [6, 6.07) is 3.88. The van der Waals surface area contributed by atoms with E-state index in [1.165, 1.54) is 0 Å². The third kappa shape index (κ3) is 2.37. The lowest BCUT2D eigenvalue weighted by molar-refractivity contribution is 0.229. The summed E-state index contributed by atoms with van der Waals surface area (Å²) in [5.74, 6) is 1.24. The third-order valence-corrected chi connectivity index (χ3v) is 3.24. The van der Waals surface area contributed by atoms with Gasteiger partial charge in [-0.25, -0.2) is 0 Å². The molecule has 5 nitrogen and oxygen atoms in total. The first-order valence-corrected chi connectivity index (χ1v) is 5.77. The number of hydrogen-bond acceptors (Lipinski definition) is 5. The van der Waals surface area contributed by atoms with Crippen LogP contribution < -0.4 is 5.73 Å². The van der Waals surface area contributed by atoms with E-state index in [9.17, 15) is 0 Å². The first kappa shape index (κ1) is 13.0. The number of aromatic nitrogens is 3. The fraction of sp³-hybridized carbons (Fsp3) is 0.417. The van der Waals surface area contributed by atoms with Gasteiger partial charge in [-0.15, -0.1) is 12.4 Å². The number of nitrogens with two attached hydrogens (primary N) is 1. The van der Waals surface area contributed by atoms with Gasteiger partial charge >= 0.3 is 0 Å². The Hall–Kier alpha value is -1.46. The fourth-order valence-electron chi connectivity index (χ4n) is 1.99. The van der Waals surface area contributed by atoms with E-state index in [4.69, 9.17) is 10.3 Å². The average Bonchev–Trinajstić information content (AvgIpc) is 2.76. The Kier molecular flexibility index (Phi) is 3.63. The van der Waals surface area contributed by atoms with Crippen molar-refractivity contribution in [1.29, 1.82) is 0 Å². The molecular formula is C12H15ClN4O. The quantitative estimate of drug-likeness (QED) is 0.917. The summed E-state index contributed by atoms with van der Waals surface area (Å²) >= 11 is 0. The van der Waals surface area contributed by atoms with Crippen LogP contribution in [0.4, 0.5) is 0 Å². The molecule has 2 N–H and O–H groups in total. The molecule has 0 radical (unpaired) electrons. The summed E-state index contributed by atoms with van der Waals surface area (Å²) in [7, 11) is 0. The largest absolute Gasteiger partial charge is 0.339 e. The normalized spacial score (nSPS) is 16.7. The van der Waals surface area contributed by atoms with Crippen molar-refractivity contribution in [2.24, 2.45) is 5.73 Å². The summed E-state index contributed by atoms with van der Waals surface area (Å²) in [5.41, 5.74) is 6.84. The van der Waals surface area contributed by atoms with E-state index in [0.29, 0.717) is 18.1 Å². The molecule has 96 valence electrons. The maximum absolute atomic E-state index is 6.13. The van der Waals surface area contributed by atoms with Crippen molar-refractivity contribution in [3.05, 3.63) is 41.8 Å². The van der Waals surface area contributed by atoms with Crippen LogP contribution in [-0.2, 0) is 12.0 Å². The SMILES string of the molecule is Cl.NC1(c2noc(Cc3cccnc3)n2)CCC1. The van der Waals surface area contributed by atoms with Gasteiger partial charge in [0.25, 0.3) is 0 Å². The van der Waals surface area contributed by atoms with Crippen LogP contribution in [0.15, 0.2) is 29.0 Å². The number of pyridine rings is 1. The first-order valence-electron chi connectivity index (χ1n) is 5.77. The summed E-state index contributed by atoms with van der Waals surface area (Å²) in [5, 5.41) is 3.97. The Labute approximate surface area is 111 Å². The molecule has 0 unspecified atom stereocenters. The first-order chi connectivity index (χ1) is 8.26. The van der Waals surface area contributed by atoms with Gasteiger partial charge in [-0.1, -0.05) is 11.2 Å². The molecule has 18 heavy (non-hydrogen) atoms. The van der Waals surface area contributed by atoms with Gasteiger partial charge in [-0.05, 0) is 30.9 Å².